The number of aromatic amines is 1. The molecule has 1 aromatic carbocycles. The number of fused-ring (bicyclic) bond motifs is 1. The van der Waals surface area contributed by atoms with Crippen LogP contribution in [-0.4, -0.2) is 26.0 Å². The van der Waals surface area contributed by atoms with Crippen LogP contribution in [0.2, 0.25) is 10.0 Å². The third kappa shape index (κ3) is 4.66. The van der Waals surface area contributed by atoms with Crippen molar-refractivity contribution in [1.82, 2.24) is 19.4 Å². The molecule has 1 N–H and O–H groups in total. The van der Waals surface area contributed by atoms with Gasteiger partial charge in [-0.2, -0.15) is 0 Å². The second kappa shape index (κ2) is 9.42. The van der Waals surface area contributed by atoms with E-state index in [1.165, 1.54) is 25.0 Å². The van der Waals surface area contributed by atoms with E-state index in [1.807, 2.05) is 18.2 Å². The molecule has 3 heterocycles. The molecule has 0 amide bonds. The fraction of sp³-hybridized carbons (Fsp3) is 0.440. The molecule has 7 heteroatoms. The number of hydrogen-bond acceptors (Lipinski definition) is 3. The van der Waals surface area contributed by atoms with Gasteiger partial charge in [-0.05, 0) is 42.7 Å². The minimum absolute atomic E-state index is 0.0477. The number of H-pyrrole nitrogens is 1. The topological polar surface area (TPSA) is 53.9 Å². The molecule has 32 heavy (non-hydrogen) atoms. The van der Waals surface area contributed by atoms with Crippen LogP contribution in [0.25, 0.3) is 0 Å². The zero-order chi connectivity index (χ0) is 22.1. The number of rotatable bonds is 5. The van der Waals surface area contributed by atoms with Gasteiger partial charge >= 0.3 is 0 Å². The molecule has 168 valence electrons. The van der Waals surface area contributed by atoms with Gasteiger partial charge in [0, 0.05) is 50.4 Å². The van der Waals surface area contributed by atoms with E-state index >= 15 is 0 Å². The van der Waals surface area contributed by atoms with Gasteiger partial charge in [-0.15, -0.1) is 0 Å². The number of nitrogens with zero attached hydrogens (tertiary/aromatic N) is 3. The molecular formula is C25H28Cl2N4O. The molecule has 3 aromatic rings. The summed E-state index contributed by atoms with van der Waals surface area (Å²) in [5, 5.41) is 1.14. The van der Waals surface area contributed by atoms with Crippen molar-refractivity contribution in [2.75, 3.05) is 6.54 Å². The summed E-state index contributed by atoms with van der Waals surface area (Å²) in [6.45, 7) is 3.07. The van der Waals surface area contributed by atoms with Gasteiger partial charge in [-0.3, -0.25) is 9.69 Å². The number of halogens is 2. The Morgan fingerprint density at radius 1 is 1.06 bits per heavy atom. The lowest BCUT2D eigenvalue weighted by Crippen LogP contribution is -2.36. The van der Waals surface area contributed by atoms with E-state index in [1.54, 1.807) is 0 Å². The Bertz CT molecular complexity index is 1160. The van der Waals surface area contributed by atoms with E-state index < -0.39 is 0 Å². The number of aromatic nitrogens is 3. The fourth-order valence-corrected chi connectivity index (χ4v) is 5.34. The van der Waals surface area contributed by atoms with Crippen molar-refractivity contribution in [3.8, 4) is 0 Å². The lowest BCUT2D eigenvalue weighted by molar-refractivity contribution is 0.235. The molecule has 1 fully saturated rings. The Hall–Kier alpha value is -2.08. The number of nitrogens with one attached hydrogen (secondary N) is 1. The molecule has 1 saturated carbocycles. The van der Waals surface area contributed by atoms with Gasteiger partial charge in [-0.25, -0.2) is 4.98 Å². The zero-order valence-electron chi connectivity index (χ0n) is 18.1. The number of hydrogen-bond donors (Lipinski definition) is 1. The summed E-state index contributed by atoms with van der Waals surface area (Å²) < 4.78 is 2.23. The first kappa shape index (κ1) is 21.7. The normalized spacial score (nSPS) is 17.4. The van der Waals surface area contributed by atoms with Crippen LogP contribution in [0.3, 0.4) is 0 Å². The van der Waals surface area contributed by atoms with E-state index in [-0.39, 0.29) is 5.56 Å². The van der Waals surface area contributed by atoms with Crippen molar-refractivity contribution in [1.29, 1.82) is 0 Å². The minimum Gasteiger partial charge on any atom is -0.346 e. The maximum Gasteiger partial charge on any atom is 0.255 e. The summed E-state index contributed by atoms with van der Waals surface area (Å²) in [5.41, 5.74) is 4.20. The summed E-state index contributed by atoms with van der Waals surface area (Å²) in [6.07, 6.45) is 8.97. The summed E-state index contributed by atoms with van der Waals surface area (Å²) in [4.78, 5) is 23.2. The Balaban J connectivity index is 1.29. The summed E-state index contributed by atoms with van der Waals surface area (Å²) in [7, 11) is 0. The quantitative estimate of drug-likeness (QED) is 0.532. The molecule has 5 rings (SSSR count). The maximum atomic E-state index is 12.9. The summed E-state index contributed by atoms with van der Waals surface area (Å²) >= 11 is 12.2. The smallest absolute Gasteiger partial charge is 0.255 e. The molecular weight excluding hydrogens is 443 g/mol. The van der Waals surface area contributed by atoms with E-state index in [0.717, 1.165) is 61.5 Å². The van der Waals surface area contributed by atoms with Crippen molar-refractivity contribution in [3.05, 3.63) is 85.3 Å². The van der Waals surface area contributed by atoms with Gasteiger partial charge in [0.15, 0.2) is 0 Å². The molecule has 1 aliphatic heterocycles. The molecule has 2 aliphatic rings. The van der Waals surface area contributed by atoms with E-state index in [4.69, 9.17) is 28.2 Å². The zero-order valence-corrected chi connectivity index (χ0v) is 19.6. The average Bonchev–Trinajstić information content (AvgIpc) is 3.23. The Morgan fingerprint density at radius 2 is 1.91 bits per heavy atom. The third-order valence-corrected chi connectivity index (χ3v) is 7.54. The summed E-state index contributed by atoms with van der Waals surface area (Å²) in [5.74, 6) is 1.34. The Kier molecular flexibility index (Phi) is 6.40. The molecule has 0 bridgehead atoms. The van der Waals surface area contributed by atoms with Crippen LogP contribution in [0.1, 0.15) is 66.4 Å². The van der Waals surface area contributed by atoms with E-state index in [2.05, 4.69) is 32.8 Å². The van der Waals surface area contributed by atoms with Crippen LogP contribution in [-0.2, 0) is 26.1 Å². The molecule has 2 aromatic heterocycles. The van der Waals surface area contributed by atoms with E-state index in [0.29, 0.717) is 22.5 Å². The molecule has 0 atom stereocenters. The Morgan fingerprint density at radius 3 is 2.72 bits per heavy atom. The number of benzene rings is 1. The largest absolute Gasteiger partial charge is 0.346 e. The van der Waals surface area contributed by atoms with Crippen molar-refractivity contribution in [3.63, 3.8) is 0 Å². The lowest BCUT2D eigenvalue weighted by atomic mass is 9.88. The van der Waals surface area contributed by atoms with Crippen LogP contribution in [0.15, 0.2) is 41.3 Å². The second-order valence-corrected chi connectivity index (χ2v) is 9.86. The first-order valence-electron chi connectivity index (χ1n) is 11.5. The predicted octanol–water partition coefficient (Wildman–Crippen LogP) is 5.53. The van der Waals surface area contributed by atoms with Crippen LogP contribution >= 0.6 is 23.2 Å². The van der Waals surface area contributed by atoms with Crippen molar-refractivity contribution in [2.24, 2.45) is 0 Å². The summed E-state index contributed by atoms with van der Waals surface area (Å²) in [6, 6.07) is 9.96. The highest BCUT2D eigenvalue weighted by molar-refractivity contribution is 6.42. The standard InChI is InChI=1S/C25H28Cl2N4O/c26-21-9-8-17(13-22(21)27)14-31-11-4-7-19(31)15-30-12-10-23-20(16-30)25(32)29-24(28-23)18-5-2-1-3-6-18/h4,7-9,11,13,18H,1-3,5-6,10,12,14-16H2,(H,28,29,32). The molecule has 0 spiro atoms. The van der Waals surface area contributed by atoms with Gasteiger partial charge < -0.3 is 9.55 Å². The first-order chi connectivity index (χ1) is 15.6. The third-order valence-electron chi connectivity index (χ3n) is 6.80. The van der Waals surface area contributed by atoms with Crippen LogP contribution in [0, 0.1) is 0 Å². The maximum absolute atomic E-state index is 12.9. The second-order valence-electron chi connectivity index (χ2n) is 9.05. The minimum atomic E-state index is 0.0477. The Labute approximate surface area is 198 Å². The van der Waals surface area contributed by atoms with Gasteiger partial charge in [0.2, 0.25) is 0 Å². The van der Waals surface area contributed by atoms with Crippen LogP contribution in [0.4, 0.5) is 0 Å². The van der Waals surface area contributed by atoms with E-state index in [9.17, 15) is 4.79 Å². The monoisotopic (exact) mass is 470 g/mol. The van der Waals surface area contributed by atoms with Gasteiger partial charge in [0.25, 0.3) is 5.56 Å². The molecule has 0 saturated heterocycles. The lowest BCUT2D eigenvalue weighted by Gasteiger charge is -2.29. The van der Waals surface area contributed by atoms with Crippen molar-refractivity contribution < 1.29 is 0 Å². The molecule has 0 radical (unpaired) electrons. The fourth-order valence-electron chi connectivity index (χ4n) is 5.02. The molecule has 0 unspecified atom stereocenters. The molecule has 1 aliphatic carbocycles. The van der Waals surface area contributed by atoms with Crippen LogP contribution in [0.5, 0.6) is 0 Å². The molecule has 5 nitrogen and oxygen atoms in total. The van der Waals surface area contributed by atoms with Gasteiger partial charge in [0.1, 0.15) is 5.82 Å². The SMILES string of the molecule is O=c1[nH]c(C2CCCCC2)nc2c1CN(Cc1cccn1Cc1ccc(Cl)c(Cl)c1)CC2. The highest BCUT2D eigenvalue weighted by Crippen LogP contribution is 2.31. The average molecular weight is 471 g/mol. The van der Waals surface area contributed by atoms with Crippen LogP contribution < -0.4 is 5.56 Å². The van der Waals surface area contributed by atoms with Crippen molar-refractivity contribution in [2.45, 2.75) is 64.1 Å². The highest BCUT2D eigenvalue weighted by Gasteiger charge is 2.25. The van der Waals surface area contributed by atoms with Gasteiger partial charge in [0.05, 0.1) is 21.3 Å². The first-order valence-corrected chi connectivity index (χ1v) is 12.2. The van der Waals surface area contributed by atoms with Crippen molar-refractivity contribution >= 4 is 23.2 Å². The van der Waals surface area contributed by atoms with Gasteiger partial charge in [-0.1, -0.05) is 48.5 Å². The highest BCUT2D eigenvalue weighted by atomic mass is 35.5. The predicted molar refractivity (Wildman–Crippen MR) is 128 cm³/mol.